The van der Waals surface area contributed by atoms with E-state index in [2.05, 4.69) is 19.1 Å². The fourth-order valence-corrected chi connectivity index (χ4v) is 4.13. The zero-order valence-corrected chi connectivity index (χ0v) is 13.4. The Bertz CT molecular complexity index is 267. The van der Waals surface area contributed by atoms with E-state index in [0.717, 1.165) is 30.6 Å². The molecule has 2 saturated carbocycles. The van der Waals surface area contributed by atoms with Crippen LogP contribution in [0, 0.1) is 17.8 Å². The molecule has 2 aliphatic carbocycles. The minimum Gasteiger partial charge on any atom is -0.393 e. The molecule has 0 radical (unpaired) electrons. The molecule has 1 N–H and O–H groups in total. The van der Waals surface area contributed by atoms with E-state index in [4.69, 9.17) is 0 Å². The Labute approximate surface area is 125 Å². The van der Waals surface area contributed by atoms with E-state index in [1.807, 2.05) is 0 Å². The first-order valence-corrected chi connectivity index (χ1v) is 9.12. The normalized spacial score (nSPS) is 35.5. The Balaban J connectivity index is 1.55. The number of hydrogen-bond acceptors (Lipinski definition) is 1. The summed E-state index contributed by atoms with van der Waals surface area (Å²) in [5, 5.41) is 9.51. The van der Waals surface area contributed by atoms with Crippen molar-refractivity contribution in [3.63, 3.8) is 0 Å². The standard InChI is InChI=1S/C19H34O/c1-2-5-16-8-10-17(11-9-16)6-3-4-7-18-12-14-19(20)15-13-18/h3,6,16-20H,2,4-5,7-15H2,1H3/t16-,17-,18?,19?. The maximum atomic E-state index is 9.51. The summed E-state index contributed by atoms with van der Waals surface area (Å²) in [5.74, 6) is 2.78. The third-order valence-electron chi connectivity index (χ3n) is 5.55. The zero-order valence-electron chi connectivity index (χ0n) is 13.4. The minimum atomic E-state index is 0.0000902. The Kier molecular flexibility index (Phi) is 7.13. The van der Waals surface area contributed by atoms with Gasteiger partial charge in [-0.15, -0.1) is 0 Å². The average molecular weight is 278 g/mol. The van der Waals surface area contributed by atoms with E-state index in [1.165, 1.54) is 64.2 Å². The smallest absolute Gasteiger partial charge is 0.0540 e. The van der Waals surface area contributed by atoms with Crippen LogP contribution >= 0.6 is 0 Å². The lowest BCUT2D eigenvalue weighted by Crippen LogP contribution is -2.17. The van der Waals surface area contributed by atoms with Gasteiger partial charge in [-0.25, -0.2) is 0 Å². The van der Waals surface area contributed by atoms with Gasteiger partial charge in [0.15, 0.2) is 0 Å². The lowest BCUT2D eigenvalue weighted by Gasteiger charge is -2.26. The first kappa shape index (κ1) is 16.1. The van der Waals surface area contributed by atoms with Crippen molar-refractivity contribution in [1.29, 1.82) is 0 Å². The molecule has 0 unspecified atom stereocenters. The van der Waals surface area contributed by atoms with Gasteiger partial charge in [-0.2, -0.15) is 0 Å². The number of hydrogen-bond donors (Lipinski definition) is 1. The summed E-state index contributed by atoms with van der Waals surface area (Å²) in [4.78, 5) is 0. The topological polar surface area (TPSA) is 20.2 Å². The molecule has 0 atom stereocenters. The van der Waals surface area contributed by atoms with Crippen LogP contribution in [0.15, 0.2) is 12.2 Å². The van der Waals surface area contributed by atoms with Gasteiger partial charge < -0.3 is 5.11 Å². The summed E-state index contributed by atoms with van der Waals surface area (Å²) in [6.45, 7) is 2.32. The largest absolute Gasteiger partial charge is 0.393 e. The molecule has 0 saturated heterocycles. The predicted octanol–water partition coefficient (Wildman–Crippen LogP) is 5.48. The van der Waals surface area contributed by atoms with Crippen LogP contribution in [-0.2, 0) is 0 Å². The third-order valence-corrected chi connectivity index (χ3v) is 5.55. The second-order valence-electron chi connectivity index (χ2n) is 7.25. The summed E-state index contributed by atoms with van der Waals surface area (Å²) < 4.78 is 0. The van der Waals surface area contributed by atoms with Gasteiger partial charge in [-0.3, -0.25) is 0 Å². The Morgan fingerprint density at radius 3 is 2.10 bits per heavy atom. The predicted molar refractivity (Wildman–Crippen MR) is 86.7 cm³/mol. The molecule has 0 amide bonds. The van der Waals surface area contributed by atoms with Crippen molar-refractivity contribution < 1.29 is 5.11 Å². The van der Waals surface area contributed by atoms with E-state index >= 15 is 0 Å². The van der Waals surface area contributed by atoms with Crippen molar-refractivity contribution in [2.24, 2.45) is 17.8 Å². The van der Waals surface area contributed by atoms with E-state index in [0.29, 0.717) is 0 Å². The molecule has 0 heterocycles. The minimum absolute atomic E-state index is 0.0000902. The quantitative estimate of drug-likeness (QED) is 0.638. The second kappa shape index (κ2) is 8.87. The van der Waals surface area contributed by atoms with Crippen LogP contribution in [-0.4, -0.2) is 11.2 Å². The van der Waals surface area contributed by atoms with Gasteiger partial charge in [0, 0.05) is 0 Å². The highest BCUT2D eigenvalue weighted by atomic mass is 16.3. The van der Waals surface area contributed by atoms with Crippen LogP contribution in [0.4, 0.5) is 0 Å². The van der Waals surface area contributed by atoms with Crippen molar-refractivity contribution in [3.8, 4) is 0 Å². The molecule has 20 heavy (non-hydrogen) atoms. The van der Waals surface area contributed by atoms with Gasteiger partial charge in [0.25, 0.3) is 0 Å². The number of aliphatic hydroxyl groups is 1. The number of rotatable bonds is 6. The molecule has 0 aromatic heterocycles. The summed E-state index contributed by atoms with van der Waals surface area (Å²) in [6.07, 6.45) is 20.7. The summed E-state index contributed by atoms with van der Waals surface area (Å²) >= 11 is 0. The molecule has 2 aliphatic rings. The molecule has 1 nitrogen and oxygen atoms in total. The Morgan fingerprint density at radius 1 is 0.850 bits per heavy atom. The van der Waals surface area contributed by atoms with Gasteiger partial charge in [0.2, 0.25) is 0 Å². The molecule has 0 bridgehead atoms. The summed E-state index contributed by atoms with van der Waals surface area (Å²) in [5.41, 5.74) is 0. The number of aliphatic hydroxyl groups excluding tert-OH is 1. The lowest BCUT2D eigenvalue weighted by molar-refractivity contribution is 0.107. The summed E-state index contributed by atoms with van der Waals surface area (Å²) in [7, 11) is 0. The van der Waals surface area contributed by atoms with Crippen molar-refractivity contribution in [1.82, 2.24) is 0 Å². The van der Waals surface area contributed by atoms with Crippen molar-refractivity contribution in [3.05, 3.63) is 12.2 Å². The van der Waals surface area contributed by atoms with Crippen LogP contribution in [0.25, 0.3) is 0 Å². The molecule has 0 aromatic rings. The molecular formula is C19H34O. The van der Waals surface area contributed by atoms with Crippen LogP contribution in [0.3, 0.4) is 0 Å². The highest BCUT2D eigenvalue weighted by molar-refractivity contribution is 4.91. The van der Waals surface area contributed by atoms with Gasteiger partial charge in [0.1, 0.15) is 0 Å². The first-order chi connectivity index (χ1) is 9.78. The Morgan fingerprint density at radius 2 is 1.45 bits per heavy atom. The van der Waals surface area contributed by atoms with E-state index in [-0.39, 0.29) is 6.10 Å². The van der Waals surface area contributed by atoms with Crippen LogP contribution in [0.5, 0.6) is 0 Å². The van der Waals surface area contributed by atoms with E-state index < -0.39 is 0 Å². The van der Waals surface area contributed by atoms with Gasteiger partial charge >= 0.3 is 0 Å². The van der Waals surface area contributed by atoms with E-state index in [9.17, 15) is 5.11 Å². The lowest BCUT2D eigenvalue weighted by atomic mass is 9.80. The van der Waals surface area contributed by atoms with Crippen LogP contribution < -0.4 is 0 Å². The molecule has 2 rings (SSSR count). The number of allylic oxidation sites excluding steroid dienone is 2. The van der Waals surface area contributed by atoms with Gasteiger partial charge in [0.05, 0.1) is 6.10 Å². The molecule has 2 fully saturated rings. The van der Waals surface area contributed by atoms with Crippen LogP contribution in [0.2, 0.25) is 0 Å². The summed E-state index contributed by atoms with van der Waals surface area (Å²) in [6, 6.07) is 0. The maximum absolute atomic E-state index is 9.51. The fourth-order valence-electron chi connectivity index (χ4n) is 4.13. The Hall–Kier alpha value is -0.300. The second-order valence-corrected chi connectivity index (χ2v) is 7.25. The van der Waals surface area contributed by atoms with Crippen LogP contribution in [0.1, 0.15) is 84.0 Å². The fraction of sp³-hybridized carbons (Fsp3) is 0.895. The molecule has 1 heteroatoms. The molecule has 0 aromatic carbocycles. The molecular weight excluding hydrogens is 244 g/mol. The van der Waals surface area contributed by atoms with Gasteiger partial charge in [-0.1, -0.05) is 31.9 Å². The average Bonchev–Trinajstić information content (AvgIpc) is 2.47. The first-order valence-electron chi connectivity index (χ1n) is 9.12. The molecule has 116 valence electrons. The van der Waals surface area contributed by atoms with E-state index in [1.54, 1.807) is 0 Å². The zero-order chi connectivity index (χ0) is 14.2. The molecule has 0 spiro atoms. The highest BCUT2D eigenvalue weighted by Crippen LogP contribution is 2.32. The van der Waals surface area contributed by atoms with Crippen molar-refractivity contribution in [2.45, 2.75) is 90.1 Å². The van der Waals surface area contributed by atoms with Gasteiger partial charge in [-0.05, 0) is 82.0 Å². The third kappa shape index (κ3) is 5.60. The van der Waals surface area contributed by atoms with Crippen molar-refractivity contribution in [2.75, 3.05) is 0 Å². The monoisotopic (exact) mass is 278 g/mol. The highest BCUT2D eigenvalue weighted by Gasteiger charge is 2.19. The SMILES string of the molecule is CCC[C@H]1CC[C@H](C=CCCC2CCC(O)CC2)CC1. The maximum Gasteiger partial charge on any atom is 0.0540 e. The van der Waals surface area contributed by atoms with Crippen molar-refractivity contribution >= 4 is 0 Å². The molecule has 0 aliphatic heterocycles.